The molecule has 0 saturated carbocycles. The van der Waals surface area contributed by atoms with E-state index >= 15 is 0 Å². The summed E-state index contributed by atoms with van der Waals surface area (Å²) in [5.41, 5.74) is -0.597. The van der Waals surface area contributed by atoms with Gasteiger partial charge in [-0.2, -0.15) is 24.9 Å². The van der Waals surface area contributed by atoms with Crippen LogP contribution in [0.1, 0.15) is 12.0 Å². The lowest BCUT2D eigenvalue weighted by atomic mass is 10.2. The third-order valence-corrected chi connectivity index (χ3v) is 4.43. The molecule has 0 radical (unpaired) electrons. The fourth-order valence-electron chi connectivity index (χ4n) is 1.25. The minimum atomic E-state index is -4.27. The molecule has 0 aliphatic rings. The normalized spacial score (nSPS) is 11.8. The predicted octanol–water partition coefficient (Wildman–Crippen LogP) is 3.91. The molecule has 0 atom stereocenters. The van der Waals surface area contributed by atoms with Gasteiger partial charge in [0.1, 0.15) is 0 Å². The Balaban J connectivity index is 2.34. The van der Waals surface area contributed by atoms with Gasteiger partial charge in [-0.3, -0.25) is 0 Å². The van der Waals surface area contributed by atoms with E-state index in [1.807, 2.05) is 0 Å². The molecule has 0 bridgehead atoms. The molecule has 1 rings (SSSR count). The second kappa shape index (κ2) is 7.96. The average Bonchev–Trinajstić information content (AvgIpc) is 2.33. The predicted molar refractivity (Wildman–Crippen MR) is 71.2 cm³/mol. The summed E-state index contributed by atoms with van der Waals surface area (Å²) in [7, 11) is 0. The first-order chi connectivity index (χ1) is 8.54. The van der Waals surface area contributed by atoms with E-state index in [-0.39, 0.29) is 6.61 Å². The summed E-state index contributed by atoms with van der Waals surface area (Å²) >= 11 is 3.13. The molecular weight excluding hydrogens is 281 g/mol. The van der Waals surface area contributed by atoms with Crippen LogP contribution >= 0.6 is 23.5 Å². The summed E-state index contributed by atoms with van der Waals surface area (Å²) in [6, 6.07) is 5.39. The molecule has 102 valence electrons. The van der Waals surface area contributed by atoms with Crippen LogP contribution in [0.25, 0.3) is 0 Å². The maximum Gasteiger partial charge on any atom is 0.416 e. The van der Waals surface area contributed by atoms with Gasteiger partial charge in [0, 0.05) is 23.0 Å². The molecular formula is C12H15F3OS2. The number of aliphatic hydroxyl groups excluding tert-OH is 1. The molecule has 0 aromatic heterocycles. The number of rotatable bonds is 7. The standard InChI is InChI=1S/C12H15F3OS2/c13-12(14,15)10-3-1-4-11(9-10)18-8-7-17-6-2-5-16/h1,3-4,9,16H,2,5-8H2. The van der Waals surface area contributed by atoms with Crippen molar-refractivity contribution in [3.8, 4) is 0 Å². The smallest absolute Gasteiger partial charge is 0.396 e. The van der Waals surface area contributed by atoms with Gasteiger partial charge < -0.3 is 5.11 Å². The lowest BCUT2D eigenvalue weighted by Gasteiger charge is -2.08. The molecule has 0 heterocycles. The van der Waals surface area contributed by atoms with Gasteiger partial charge in [-0.1, -0.05) is 6.07 Å². The van der Waals surface area contributed by atoms with Crippen molar-refractivity contribution in [2.45, 2.75) is 17.5 Å². The topological polar surface area (TPSA) is 20.2 Å². The van der Waals surface area contributed by atoms with E-state index < -0.39 is 11.7 Å². The van der Waals surface area contributed by atoms with Gasteiger partial charge in [0.25, 0.3) is 0 Å². The van der Waals surface area contributed by atoms with Crippen LogP contribution in [0, 0.1) is 0 Å². The van der Waals surface area contributed by atoms with Gasteiger partial charge in [0.2, 0.25) is 0 Å². The number of alkyl halides is 3. The Hall–Kier alpha value is -0.330. The second-order valence-corrected chi connectivity index (χ2v) is 5.96. The monoisotopic (exact) mass is 296 g/mol. The molecule has 1 nitrogen and oxygen atoms in total. The number of hydrogen-bond acceptors (Lipinski definition) is 3. The lowest BCUT2D eigenvalue weighted by molar-refractivity contribution is -0.137. The summed E-state index contributed by atoms with van der Waals surface area (Å²) in [6.45, 7) is 0.188. The summed E-state index contributed by atoms with van der Waals surface area (Å²) in [4.78, 5) is 0.646. The van der Waals surface area contributed by atoms with Gasteiger partial charge in [-0.15, -0.1) is 11.8 Å². The Labute approximate surface area is 113 Å². The molecule has 0 aliphatic heterocycles. The molecule has 0 aliphatic carbocycles. The van der Waals surface area contributed by atoms with Crippen LogP contribution in [0.4, 0.5) is 13.2 Å². The highest BCUT2D eigenvalue weighted by molar-refractivity contribution is 8.02. The Bertz CT molecular complexity index is 355. The van der Waals surface area contributed by atoms with Crippen molar-refractivity contribution in [1.82, 2.24) is 0 Å². The van der Waals surface area contributed by atoms with Crippen molar-refractivity contribution >= 4 is 23.5 Å². The summed E-state index contributed by atoms with van der Waals surface area (Å²) in [6.07, 6.45) is -3.51. The van der Waals surface area contributed by atoms with Crippen molar-refractivity contribution in [1.29, 1.82) is 0 Å². The van der Waals surface area contributed by atoms with Crippen molar-refractivity contribution in [3.63, 3.8) is 0 Å². The summed E-state index contributed by atoms with van der Waals surface area (Å²) in [5, 5.41) is 8.58. The number of benzene rings is 1. The Kier molecular flexibility index (Phi) is 6.96. The van der Waals surface area contributed by atoms with Gasteiger partial charge >= 0.3 is 6.18 Å². The molecule has 0 fully saturated rings. The third kappa shape index (κ3) is 6.02. The van der Waals surface area contributed by atoms with Crippen LogP contribution in [0.2, 0.25) is 0 Å². The van der Waals surface area contributed by atoms with Gasteiger partial charge in [0.05, 0.1) is 5.56 Å². The number of halogens is 3. The zero-order valence-electron chi connectivity index (χ0n) is 9.74. The number of aliphatic hydroxyl groups is 1. The molecule has 0 saturated heterocycles. The Morgan fingerprint density at radius 2 is 1.89 bits per heavy atom. The quantitative estimate of drug-likeness (QED) is 0.608. The molecule has 0 unspecified atom stereocenters. The minimum absolute atomic E-state index is 0.188. The van der Waals surface area contributed by atoms with Gasteiger partial charge in [-0.25, -0.2) is 0 Å². The van der Waals surface area contributed by atoms with Gasteiger partial charge in [-0.05, 0) is 30.4 Å². The van der Waals surface area contributed by atoms with E-state index in [9.17, 15) is 13.2 Å². The fraction of sp³-hybridized carbons (Fsp3) is 0.500. The first kappa shape index (κ1) is 15.7. The zero-order valence-corrected chi connectivity index (χ0v) is 11.4. The van der Waals surface area contributed by atoms with E-state index in [0.717, 1.165) is 29.7 Å². The number of hydrogen-bond donors (Lipinski definition) is 1. The van der Waals surface area contributed by atoms with Crippen LogP contribution in [0.3, 0.4) is 0 Å². The highest BCUT2D eigenvalue weighted by Crippen LogP contribution is 2.31. The van der Waals surface area contributed by atoms with E-state index in [0.29, 0.717) is 4.90 Å². The number of thioether (sulfide) groups is 2. The maximum absolute atomic E-state index is 12.5. The molecule has 18 heavy (non-hydrogen) atoms. The van der Waals surface area contributed by atoms with Crippen LogP contribution in [0.5, 0.6) is 0 Å². The highest BCUT2D eigenvalue weighted by Gasteiger charge is 2.30. The fourth-order valence-corrected chi connectivity index (χ4v) is 3.21. The SMILES string of the molecule is OCCCSCCSc1cccc(C(F)(F)F)c1. The van der Waals surface area contributed by atoms with Crippen molar-refractivity contribution in [2.75, 3.05) is 23.9 Å². The van der Waals surface area contributed by atoms with Crippen LogP contribution in [0.15, 0.2) is 29.2 Å². The van der Waals surface area contributed by atoms with Crippen LogP contribution < -0.4 is 0 Å². The first-order valence-corrected chi connectivity index (χ1v) is 7.66. The van der Waals surface area contributed by atoms with Crippen LogP contribution in [-0.4, -0.2) is 29.0 Å². The van der Waals surface area contributed by atoms with Crippen LogP contribution in [-0.2, 0) is 6.18 Å². The second-order valence-electron chi connectivity index (χ2n) is 3.56. The van der Waals surface area contributed by atoms with Crippen molar-refractivity contribution in [2.24, 2.45) is 0 Å². The summed E-state index contributed by atoms with van der Waals surface area (Å²) < 4.78 is 37.4. The van der Waals surface area contributed by atoms with E-state index in [1.165, 1.54) is 23.9 Å². The molecule has 1 aromatic rings. The Morgan fingerprint density at radius 3 is 2.56 bits per heavy atom. The largest absolute Gasteiger partial charge is 0.416 e. The van der Waals surface area contributed by atoms with Gasteiger partial charge in [0.15, 0.2) is 0 Å². The minimum Gasteiger partial charge on any atom is -0.396 e. The highest BCUT2D eigenvalue weighted by atomic mass is 32.2. The molecule has 1 aromatic carbocycles. The molecule has 1 N–H and O–H groups in total. The molecule has 0 spiro atoms. The summed E-state index contributed by atoms with van der Waals surface area (Å²) in [5.74, 6) is 2.54. The van der Waals surface area contributed by atoms with Crippen molar-refractivity contribution < 1.29 is 18.3 Å². The third-order valence-electron chi connectivity index (χ3n) is 2.10. The van der Waals surface area contributed by atoms with E-state index in [2.05, 4.69) is 0 Å². The first-order valence-electron chi connectivity index (χ1n) is 5.52. The molecule has 0 amide bonds. The lowest BCUT2D eigenvalue weighted by Crippen LogP contribution is -2.04. The molecule has 6 heteroatoms. The average molecular weight is 296 g/mol. The van der Waals surface area contributed by atoms with E-state index in [1.54, 1.807) is 17.8 Å². The van der Waals surface area contributed by atoms with E-state index in [4.69, 9.17) is 5.11 Å². The van der Waals surface area contributed by atoms with Crippen molar-refractivity contribution in [3.05, 3.63) is 29.8 Å². The maximum atomic E-state index is 12.5. The Morgan fingerprint density at radius 1 is 1.11 bits per heavy atom. The zero-order chi connectivity index (χ0) is 13.4.